The number of ether oxygens (including phenoxy) is 1. The van der Waals surface area contributed by atoms with Crippen LogP contribution in [-0.2, 0) is 16.0 Å². The molecule has 1 aliphatic carbocycles. The van der Waals surface area contributed by atoms with Crippen molar-refractivity contribution in [2.75, 3.05) is 31.2 Å². The fourth-order valence-corrected chi connectivity index (χ4v) is 5.81. The smallest absolute Gasteiger partial charge is 0.307 e. The normalized spacial score (nSPS) is 19.1. The maximum absolute atomic E-state index is 11.2. The van der Waals surface area contributed by atoms with Crippen molar-refractivity contribution in [1.82, 2.24) is 19.6 Å². The molecule has 1 aliphatic heterocycles. The Bertz CT molecular complexity index is 1710. The number of hydrogen-bond donors (Lipinski definition) is 1. The summed E-state index contributed by atoms with van der Waals surface area (Å²) in [7, 11) is 0. The van der Waals surface area contributed by atoms with Gasteiger partial charge in [-0.3, -0.25) is 9.78 Å². The highest BCUT2D eigenvalue weighted by atomic mass is 35.5. The molecule has 0 amide bonds. The molecule has 2 fully saturated rings. The van der Waals surface area contributed by atoms with Gasteiger partial charge in [0.2, 0.25) is 0 Å². The second-order valence-corrected chi connectivity index (χ2v) is 10.6. The Balaban J connectivity index is 1.35. The quantitative estimate of drug-likeness (QED) is 0.311. The molecule has 1 saturated heterocycles. The van der Waals surface area contributed by atoms with Crippen LogP contribution in [0.5, 0.6) is 0 Å². The SMILES string of the molecule is O=C(O)Cc1ccc(-c2c([C@@H]3C[C@H]3c3ccc4ccccc4n3)nc3c(N4CCOCC4)cc(Cl)nn23)cc1. The third-order valence-corrected chi connectivity index (χ3v) is 7.82. The van der Waals surface area contributed by atoms with Crippen LogP contribution in [0.2, 0.25) is 5.15 Å². The van der Waals surface area contributed by atoms with Gasteiger partial charge in [0, 0.05) is 47.6 Å². The number of aliphatic carboxylic acids is 1. The minimum absolute atomic E-state index is 0.0239. The second kappa shape index (κ2) is 9.63. The number of carboxylic acids is 1. The summed E-state index contributed by atoms with van der Waals surface area (Å²) in [5.74, 6) is -0.414. The van der Waals surface area contributed by atoms with Crippen molar-refractivity contribution in [2.45, 2.75) is 24.7 Å². The van der Waals surface area contributed by atoms with Gasteiger partial charge in [-0.2, -0.15) is 5.10 Å². The van der Waals surface area contributed by atoms with E-state index in [1.54, 1.807) is 0 Å². The summed E-state index contributed by atoms with van der Waals surface area (Å²) in [6, 6.07) is 21.9. The first-order valence-electron chi connectivity index (χ1n) is 13.1. The maximum Gasteiger partial charge on any atom is 0.307 e. The van der Waals surface area contributed by atoms with Gasteiger partial charge in [0.15, 0.2) is 10.8 Å². The van der Waals surface area contributed by atoms with E-state index in [0.717, 1.165) is 70.0 Å². The van der Waals surface area contributed by atoms with Crippen LogP contribution < -0.4 is 4.90 Å². The zero-order valence-electron chi connectivity index (χ0n) is 21.1. The Labute approximate surface area is 229 Å². The summed E-state index contributed by atoms with van der Waals surface area (Å²) in [5, 5.41) is 15.4. The summed E-state index contributed by atoms with van der Waals surface area (Å²) in [6.07, 6.45) is 0.920. The number of carbonyl (C=O) groups is 1. The van der Waals surface area contributed by atoms with Gasteiger partial charge in [0.1, 0.15) is 0 Å². The van der Waals surface area contributed by atoms with Gasteiger partial charge in [-0.15, -0.1) is 0 Å². The molecule has 0 bridgehead atoms. The standard InChI is InChI=1S/C30H26ClN5O3/c31-26-17-25(35-11-13-39-14-12-35)30-33-28(22-16-21(22)24-10-9-19-3-1-2-4-23(19)32-24)29(36(30)34-26)20-7-5-18(6-8-20)15-27(37)38/h1-10,17,21-22H,11-16H2,(H,37,38)/t21-,22-/m1/s1. The number of aromatic nitrogens is 4. The average molecular weight is 540 g/mol. The predicted molar refractivity (Wildman–Crippen MR) is 150 cm³/mol. The van der Waals surface area contributed by atoms with Crippen molar-refractivity contribution in [1.29, 1.82) is 0 Å². The van der Waals surface area contributed by atoms with Crippen molar-refractivity contribution in [3.63, 3.8) is 0 Å². The molecule has 9 heteroatoms. The second-order valence-electron chi connectivity index (χ2n) is 10.2. The molecule has 7 rings (SSSR count). The molecule has 0 radical (unpaired) electrons. The highest BCUT2D eigenvalue weighted by Gasteiger charge is 2.44. The van der Waals surface area contributed by atoms with Crippen molar-refractivity contribution in [3.8, 4) is 11.3 Å². The monoisotopic (exact) mass is 539 g/mol. The number of fused-ring (bicyclic) bond motifs is 2. The summed E-state index contributed by atoms with van der Waals surface area (Å²) in [4.78, 5) is 23.7. The summed E-state index contributed by atoms with van der Waals surface area (Å²) in [6.45, 7) is 2.81. The molecule has 39 heavy (non-hydrogen) atoms. The lowest BCUT2D eigenvalue weighted by molar-refractivity contribution is -0.136. The van der Waals surface area contributed by atoms with Crippen LogP contribution in [0.25, 0.3) is 27.8 Å². The molecular weight excluding hydrogens is 514 g/mol. The lowest BCUT2D eigenvalue weighted by Gasteiger charge is -2.28. The zero-order chi connectivity index (χ0) is 26.5. The van der Waals surface area contributed by atoms with Crippen LogP contribution in [0.3, 0.4) is 0 Å². The van der Waals surface area contributed by atoms with Gasteiger partial charge in [-0.05, 0) is 24.1 Å². The number of para-hydroxylation sites is 1. The molecule has 4 heterocycles. The van der Waals surface area contributed by atoms with Crippen LogP contribution in [0, 0.1) is 0 Å². The fraction of sp³-hybridized carbons (Fsp3) is 0.267. The Kier molecular flexibility index (Phi) is 5.94. The highest BCUT2D eigenvalue weighted by Crippen LogP contribution is 2.56. The lowest BCUT2D eigenvalue weighted by Crippen LogP contribution is -2.36. The molecule has 2 aromatic carbocycles. The van der Waals surface area contributed by atoms with E-state index in [1.165, 1.54) is 0 Å². The first kappa shape index (κ1) is 24.1. The number of pyridine rings is 1. The number of nitrogens with zero attached hydrogens (tertiary/aromatic N) is 5. The topological polar surface area (TPSA) is 92.8 Å². The third kappa shape index (κ3) is 4.49. The molecule has 1 N–H and O–H groups in total. The van der Waals surface area contributed by atoms with Gasteiger partial charge in [0.25, 0.3) is 0 Å². The molecule has 2 aliphatic rings. The Hall–Kier alpha value is -4.01. The molecular formula is C30H26ClN5O3. The van der Waals surface area contributed by atoms with Gasteiger partial charge < -0.3 is 14.7 Å². The number of imidazole rings is 1. The van der Waals surface area contributed by atoms with E-state index in [-0.39, 0.29) is 18.3 Å². The highest BCUT2D eigenvalue weighted by molar-refractivity contribution is 6.29. The van der Waals surface area contributed by atoms with Crippen molar-refractivity contribution in [3.05, 3.63) is 88.8 Å². The number of halogens is 1. The molecule has 3 aromatic heterocycles. The summed E-state index contributed by atoms with van der Waals surface area (Å²) < 4.78 is 7.43. The van der Waals surface area contributed by atoms with Crippen LogP contribution >= 0.6 is 11.6 Å². The zero-order valence-corrected chi connectivity index (χ0v) is 21.9. The van der Waals surface area contributed by atoms with Crippen LogP contribution in [0.4, 0.5) is 5.69 Å². The van der Waals surface area contributed by atoms with Gasteiger partial charge >= 0.3 is 5.97 Å². The number of morpholine rings is 1. The van der Waals surface area contributed by atoms with Gasteiger partial charge in [0.05, 0.1) is 42.2 Å². The third-order valence-electron chi connectivity index (χ3n) is 7.64. The Morgan fingerprint density at radius 1 is 1.00 bits per heavy atom. The molecule has 0 unspecified atom stereocenters. The van der Waals surface area contributed by atoms with Gasteiger partial charge in [-0.1, -0.05) is 60.1 Å². The molecule has 196 valence electrons. The van der Waals surface area contributed by atoms with Crippen LogP contribution in [-0.4, -0.2) is 57.0 Å². The van der Waals surface area contributed by atoms with Crippen molar-refractivity contribution >= 4 is 39.8 Å². The molecule has 8 nitrogen and oxygen atoms in total. The van der Waals surface area contributed by atoms with E-state index < -0.39 is 5.97 Å². The predicted octanol–water partition coefficient (Wildman–Crippen LogP) is 5.33. The van der Waals surface area contributed by atoms with Crippen LogP contribution in [0.15, 0.2) is 66.7 Å². The number of hydrogen-bond acceptors (Lipinski definition) is 6. The largest absolute Gasteiger partial charge is 0.481 e. The minimum Gasteiger partial charge on any atom is -0.481 e. The summed E-state index contributed by atoms with van der Waals surface area (Å²) >= 11 is 6.58. The van der Waals surface area contributed by atoms with E-state index in [9.17, 15) is 9.90 Å². The molecule has 0 spiro atoms. The van der Waals surface area contributed by atoms with Crippen LogP contribution in [0.1, 0.15) is 35.2 Å². The number of carboxylic acid groups (broad SMARTS) is 1. The molecule has 2 atom stereocenters. The Morgan fingerprint density at radius 3 is 2.59 bits per heavy atom. The number of rotatable bonds is 6. The van der Waals surface area contributed by atoms with Crippen molar-refractivity contribution < 1.29 is 14.6 Å². The maximum atomic E-state index is 11.2. The van der Waals surface area contributed by atoms with Gasteiger partial charge in [-0.25, -0.2) is 9.50 Å². The first-order chi connectivity index (χ1) is 19.0. The van der Waals surface area contributed by atoms with E-state index in [0.29, 0.717) is 18.4 Å². The lowest BCUT2D eigenvalue weighted by atomic mass is 10.0. The number of anilines is 1. The first-order valence-corrected chi connectivity index (χ1v) is 13.5. The summed E-state index contributed by atoms with van der Waals surface area (Å²) in [5.41, 5.74) is 7.28. The average Bonchev–Trinajstić information content (AvgIpc) is 3.66. The van der Waals surface area contributed by atoms with E-state index >= 15 is 0 Å². The minimum atomic E-state index is -0.856. The van der Waals surface area contributed by atoms with Crippen molar-refractivity contribution in [2.24, 2.45) is 0 Å². The fourth-order valence-electron chi connectivity index (χ4n) is 5.63. The van der Waals surface area contributed by atoms with E-state index in [2.05, 4.69) is 23.1 Å². The van der Waals surface area contributed by atoms with E-state index in [4.69, 9.17) is 31.4 Å². The van der Waals surface area contributed by atoms with E-state index in [1.807, 2.05) is 53.0 Å². The molecule has 1 saturated carbocycles. The number of benzene rings is 2. The molecule has 5 aromatic rings. The Morgan fingerprint density at radius 2 is 1.79 bits per heavy atom.